The molecular weight excluding hydrogens is 291 g/mol. The molecule has 0 heterocycles. The molecule has 72 valence electrons. The predicted molar refractivity (Wildman–Crippen MR) is 16.3 cm³/mol. The zero-order valence-electron chi connectivity index (χ0n) is 4.38. The molecule has 0 N–H and O–H groups in total. The Labute approximate surface area is 81.9 Å². The number of rotatable bonds is 2. The summed E-state index contributed by atoms with van der Waals surface area (Å²) in [7, 11) is -11.4. The van der Waals surface area contributed by atoms with Gasteiger partial charge in [0.1, 0.15) is 0 Å². The summed E-state index contributed by atoms with van der Waals surface area (Å²) in [6.45, 7) is 0. The molecule has 0 aliphatic rings. The molecule has 0 aliphatic carbocycles. The van der Waals surface area contributed by atoms with E-state index in [-0.39, 0.29) is 33.0 Å². The third-order valence-electron chi connectivity index (χ3n) is 0.200. The first kappa shape index (κ1) is 18.1. The molecule has 0 saturated heterocycles. The zero-order chi connectivity index (χ0) is 7.71. The van der Waals surface area contributed by atoms with E-state index in [0.29, 0.717) is 0 Å². The Morgan fingerprint density at radius 2 is 1.00 bits per heavy atom. The van der Waals surface area contributed by atoms with Crippen molar-refractivity contribution in [1.29, 1.82) is 0 Å². The van der Waals surface area contributed by atoms with Crippen molar-refractivity contribution >= 4 is 15.6 Å². The molecule has 0 unspecified atom stereocenters. The van der Waals surface area contributed by atoms with Crippen LogP contribution in [0.4, 0.5) is 0 Å². The van der Waals surface area contributed by atoms with Crippen molar-refractivity contribution in [2.75, 3.05) is 0 Å². The van der Waals surface area contributed by atoms with E-state index in [2.05, 4.69) is 4.31 Å². The fourth-order valence-electron chi connectivity index (χ4n) is 0.122. The molecule has 0 aromatic carbocycles. The molecule has 0 bridgehead atoms. The largest absolute Gasteiger partial charge is 2.00 e. The molecule has 0 aromatic rings. The summed E-state index contributed by atoms with van der Waals surface area (Å²) in [5.41, 5.74) is 0. The van der Waals surface area contributed by atoms with E-state index < -0.39 is 15.6 Å². The van der Waals surface area contributed by atoms with Crippen LogP contribution in [0.3, 0.4) is 0 Å². The first-order chi connectivity index (χ1) is 3.71. The Kier molecular flexibility index (Phi) is 9.58. The van der Waals surface area contributed by atoms with Gasteiger partial charge >= 0.3 is 33.0 Å². The standard InChI is InChI=1S/2Ni.H4O7P2/c;;1-8(2,3)7-9(4,5)6/h;;(H2,1,2,3)(H2,4,5,6)/q2*+2;/p-4. The van der Waals surface area contributed by atoms with E-state index in [1.54, 1.807) is 0 Å². The third kappa shape index (κ3) is 18.3. The average molecular weight is 291 g/mol. The number of phosphoric acid groups is 2. The van der Waals surface area contributed by atoms with Crippen LogP contribution < -0.4 is 19.6 Å². The van der Waals surface area contributed by atoms with E-state index >= 15 is 0 Å². The summed E-state index contributed by atoms with van der Waals surface area (Å²) in [4.78, 5) is 37.3. The summed E-state index contributed by atoms with van der Waals surface area (Å²) < 4.78 is 21.2. The molecule has 0 amide bonds. The van der Waals surface area contributed by atoms with Gasteiger partial charge in [-0.1, -0.05) is 0 Å². The molecule has 7 nitrogen and oxygen atoms in total. The molecule has 0 aromatic heterocycles. The topological polar surface area (TPSA) is 136 Å². The van der Waals surface area contributed by atoms with Crippen LogP contribution in [0.1, 0.15) is 0 Å². The molecule has 0 saturated carbocycles. The summed E-state index contributed by atoms with van der Waals surface area (Å²) >= 11 is 0. The number of hydrogen-bond acceptors (Lipinski definition) is 7. The van der Waals surface area contributed by atoms with E-state index in [0.717, 1.165) is 0 Å². The second-order valence-electron chi connectivity index (χ2n) is 0.976. The van der Waals surface area contributed by atoms with Crippen LogP contribution in [-0.4, -0.2) is 0 Å². The Morgan fingerprint density at radius 1 is 0.818 bits per heavy atom. The molecule has 11 heteroatoms. The summed E-state index contributed by atoms with van der Waals surface area (Å²) in [5.74, 6) is 0. The van der Waals surface area contributed by atoms with Crippen LogP contribution in [-0.2, 0) is 46.4 Å². The van der Waals surface area contributed by atoms with E-state index in [1.165, 1.54) is 0 Å². The van der Waals surface area contributed by atoms with Crippen molar-refractivity contribution in [1.82, 2.24) is 0 Å². The van der Waals surface area contributed by atoms with Gasteiger partial charge in [0.05, 0.1) is 15.6 Å². The molecular formula is Ni2O7P2. The fraction of sp³-hybridized carbons (Fsp3) is 0. The summed E-state index contributed by atoms with van der Waals surface area (Å²) in [5, 5.41) is 0. The summed E-state index contributed by atoms with van der Waals surface area (Å²) in [6.07, 6.45) is 0. The maximum absolute atomic E-state index is 9.32. The van der Waals surface area contributed by atoms with Crippen molar-refractivity contribution < 1.29 is 66.0 Å². The molecule has 0 rings (SSSR count). The zero-order valence-corrected chi connectivity index (χ0v) is 8.15. The van der Waals surface area contributed by atoms with Gasteiger partial charge in [0.25, 0.3) is 0 Å². The van der Waals surface area contributed by atoms with E-state index in [9.17, 15) is 28.7 Å². The smallest absolute Gasteiger partial charge is 0.790 e. The Hall–Kier alpha value is 1.25. The summed E-state index contributed by atoms with van der Waals surface area (Å²) in [6, 6.07) is 0. The van der Waals surface area contributed by atoms with Crippen LogP contribution in [0.15, 0.2) is 0 Å². The average Bonchev–Trinajstić information content (AvgIpc) is 1.14. The second kappa shape index (κ2) is 5.82. The Morgan fingerprint density at radius 3 is 1.00 bits per heavy atom. The molecule has 0 spiro atoms. The normalized spacial score (nSPS) is 11.3. The van der Waals surface area contributed by atoms with Crippen molar-refractivity contribution in [2.24, 2.45) is 0 Å². The third-order valence-corrected chi connectivity index (χ3v) is 1.80. The Balaban J connectivity index is -0.000000320. The van der Waals surface area contributed by atoms with Crippen molar-refractivity contribution in [3.8, 4) is 0 Å². The molecule has 11 heavy (non-hydrogen) atoms. The van der Waals surface area contributed by atoms with Gasteiger partial charge in [-0.25, -0.2) is 0 Å². The SMILES string of the molecule is O=P([O-])([O-])OP(=O)([O-])[O-].[Ni+2].[Ni+2]. The van der Waals surface area contributed by atoms with Crippen LogP contribution >= 0.6 is 15.6 Å². The van der Waals surface area contributed by atoms with E-state index in [1.807, 2.05) is 0 Å². The fourth-order valence-corrected chi connectivity index (χ4v) is 1.10. The van der Waals surface area contributed by atoms with Gasteiger partial charge in [-0.3, -0.25) is 0 Å². The first-order valence-electron chi connectivity index (χ1n) is 1.46. The van der Waals surface area contributed by atoms with Gasteiger partial charge < -0.3 is 33.0 Å². The monoisotopic (exact) mass is 290 g/mol. The van der Waals surface area contributed by atoms with Gasteiger partial charge in [0.2, 0.25) is 0 Å². The van der Waals surface area contributed by atoms with Gasteiger partial charge in [-0.15, -0.1) is 0 Å². The van der Waals surface area contributed by atoms with Crippen molar-refractivity contribution in [3.63, 3.8) is 0 Å². The van der Waals surface area contributed by atoms with Crippen LogP contribution in [0.5, 0.6) is 0 Å². The van der Waals surface area contributed by atoms with Crippen molar-refractivity contribution in [3.05, 3.63) is 0 Å². The maximum Gasteiger partial charge on any atom is 2.00 e. The van der Waals surface area contributed by atoms with Crippen LogP contribution in [0, 0.1) is 0 Å². The first-order valence-corrected chi connectivity index (χ1v) is 4.38. The van der Waals surface area contributed by atoms with Crippen LogP contribution in [0.2, 0.25) is 0 Å². The van der Waals surface area contributed by atoms with Gasteiger partial charge in [0, 0.05) is 0 Å². The minimum Gasteiger partial charge on any atom is -0.790 e. The van der Waals surface area contributed by atoms with Crippen LogP contribution in [0.25, 0.3) is 0 Å². The van der Waals surface area contributed by atoms with E-state index in [4.69, 9.17) is 0 Å². The molecule has 0 fully saturated rings. The quantitative estimate of drug-likeness (QED) is 0.383. The Bertz CT molecular complexity index is 155. The molecule has 0 atom stereocenters. The predicted octanol–water partition coefficient (Wildman–Crippen LogP) is -3.34. The minimum atomic E-state index is -5.68. The second-order valence-corrected chi connectivity index (χ2v) is 3.42. The van der Waals surface area contributed by atoms with Gasteiger partial charge in [-0.2, -0.15) is 0 Å². The molecule has 0 aliphatic heterocycles. The van der Waals surface area contributed by atoms with Gasteiger partial charge in [-0.05, 0) is 0 Å². The van der Waals surface area contributed by atoms with Crippen molar-refractivity contribution in [2.45, 2.75) is 0 Å². The molecule has 0 radical (unpaired) electrons. The maximum atomic E-state index is 9.32. The number of hydrogen-bond donors (Lipinski definition) is 0. The minimum absolute atomic E-state index is 0. The van der Waals surface area contributed by atoms with Gasteiger partial charge in [0.15, 0.2) is 0 Å².